The van der Waals surface area contributed by atoms with Crippen LogP contribution in [0.4, 0.5) is 5.69 Å². The van der Waals surface area contributed by atoms with Gasteiger partial charge in [0.1, 0.15) is 5.75 Å². The Bertz CT molecular complexity index is 1210. The number of para-hydroxylation sites is 1. The van der Waals surface area contributed by atoms with Crippen molar-refractivity contribution in [3.8, 4) is 17.0 Å². The summed E-state index contributed by atoms with van der Waals surface area (Å²) in [6.07, 6.45) is 0. The molecule has 4 rings (SSSR count). The largest absolute Gasteiger partial charge is 0.484 e. The number of hydrogen-bond acceptors (Lipinski definition) is 3. The first kappa shape index (κ1) is 20.7. The van der Waals surface area contributed by atoms with Gasteiger partial charge in [-0.25, -0.2) is 0 Å². The van der Waals surface area contributed by atoms with Gasteiger partial charge in [0.25, 0.3) is 5.91 Å². The maximum atomic E-state index is 12.1. The number of benzene rings is 3. The second-order valence-electron chi connectivity index (χ2n) is 6.66. The summed E-state index contributed by atoms with van der Waals surface area (Å²) < 4.78 is 5.42. The second-order valence-corrected chi connectivity index (χ2v) is 7.50. The van der Waals surface area contributed by atoms with E-state index in [1.54, 1.807) is 24.3 Å². The number of thiocarbonyl (C=S) groups is 1. The highest BCUT2D eigenvalue weighted by Crippen LogP contribution is 2.34. The van der Waals surface area contributed by atoms with Gasteiger partial charge < -0.3 is 15.0 Å². The molecule has 8 heteroatoms. The zero-order chi connectivity index (χ0) is 21.6. The summed E-state index contributed by atoms with van der Waals surface area (Å²) in [5.41, 5.74) is 8.97. The van der Waals surface area contributed by atoms with E-state index in [0.717, 1.165) is 27.8 Å². The quantitative estimate of drug-likeness (QED) is 0.257. The third-order valence-corrected chi connectivity index (χ3v) is 4.96. The number of amides is 1. The van der Waals surface area contributed by atoms with E-state index in [9.17, 15) is 4.79 Å². The van der Waals surface area contributed by atoms with Crippen molar-refractivity contribution < 1.29 is 9.53 Å². The molecule has 1 heterocycles. The van der Waals surface area contributed by atoms with E-state index >= 15 is 0 Å². The van der Waals surface area contributed by atoms with Gasteiger partial charge in [0.15, 0.2) is 11.7 Å². The van der Waals surface area contributed by atoms with Crippen molar-refractivity contribution in [1.82, 2.24) is 15.8 Å². The summed E-state index contributed by atoms with van der Waals surface area (Å²) in [7, 11) is 0. The maximum Gasteiger partial charge on any atom is 0.276 e. The molecule has 0 radical (unpaired) electrons. The topological polar surface area (TPSA) is 78.2 Å². The number of carbonyl (C=O) groups is 1. The normalized spacial score (nSPS) is 10.5. The first-order valence-corrected chi connectivity index (χ1v) is 10.3. The van der Waals surface area contributed by atoms with Crippen molar-refractivity contribution in [1.29, 1.82) is 0 Å². The Hall–Kier alpha value is -3.55. The van der Waals surface area contributed by atoms with E-state index in [1.807, 2.05) is 54.6 Å². The number of H-pyrrole nitrogens is 1. The predicted molar refractivity (Wildman–Crippen MR) is 128 cm³/mol. The Kier molecular flexibility index (Phi) is 6.35. The number of aromatic nitrogens is 1. The lowest BCUT2D eigenvalue weighted by atomic mass is 10.1. The molecule has 0 spiro atoms. The van der Waals surface area contributed by atoms with Crippen LogP contribution in [0, 0.1) is 0 Å². The molecule has 0 saturated carbocycles. The molecule has 0 unspecified atom stereocenters. The van der Waals surface area contributed by atoms with Crippen LogP contribution in [0.5, 0.6) is 5.75 Å². The molecule has 0 aliphatic heterocycles. The van der Waals surface area contributed by atoms with E-state index in [1.165, 1.54) is 0 Å². The summed E-state index contributed by atoms with van der Waals surface area (Å²) in [5, 5.41) is 5.03. The third kappa shape index (κ3) is 5.14. The summed E-state index contributed by atoms with van der Waals surface area (Å²) in [5.74, 6) is 0.174. The number of aromatic amines is 1. The van der Waals surface area contributed by atoms with Gasteiger partial charge in [0, 0.05) is 21.5 Å². The molecular formula is C23H19ClN4O2S. The lowest BCUT2D eigenvalue weighted by Gasteiger charge is -2.13. The van der Waals surface area contributed by atoms with E-state index in [0.29, 0.717) is 10.8 Å². The van der Waals surface area contributed by atoms with Crippen LogP contribution in [0.2, 0.25) is 5.02 Å². The van der Waals surface area contributed by atoms with Crippen LogP contribution in [-0.4, -0.2) is 22.6 Å². The minimum atomic E-state index is -0.374. The van der Waals surface area contributed by atoms with Crippen molar-refractivity contribution >= 4 is 51.4 Å². The van der Waals surface area contributed by atoms with E-state index in [4.69, 9.17) is 28.6 Å². The Labute approximate surface area is 189 Å². The van der Waals surface area contributed by atoms with Crippen molar-refractivity contribution in [3.05, 3.63) is 83.9 Å². The fourth-order valence-electron chi connectivity index (χ4n) is 3.08. The molecule has 4 aromatic rings. The number of hydrogen-bond donors (Lipinski definition) is 4. The standard InChI is InChI=1S/C23H19ClN4O2S/c24-16-10-12-17(13-11-16)30-14-20(29)27-28-23(31)26-22-18-8-4-5-9-19(18)25-21(22)15-6-2-1-3-7-15/h1-13,25H,14H2,(H,27,29)(H2,26,28,31). The highest BCUT2D eigenvalue weighted by molar-refractivity contribution is 7.80. The van der Waals surface area contributed by atoms with Gasteiger partial charge in [-0.3, -0.25) is 15.6 Å². The van der Waals surface area contributed by atoms with E-state index in [2.05, 4.69) is 21.2 Å². The van der Waals surface area contributed by atoms with Crippen LogP contribution >= 0.6 is 23.8 Å². The molecule has 0 bridgehead atoms. The second kappa shape index (κ2) is 9.51. The van der Waals surface area contributed by atoms with Gasteiger partial charge in [-0.05, 0) is 42.5 Å². The molecule has 1 amide bonds. The number of carbonyl (C=O) groups excluding carboxylic acids is 1. The molecule has 0 aliphatic rings. The molecule has 156 valence electrons. The minimum Gasteiger partial charge on any atom is -0.484 e. The lowest BCUT2D eigenvalue weighted by molar-refractivity contribution is -0.123. The van der Waals surface area contributed by atoms with Crippen LogP contribution in [-0.2, 0) is 4.79 Å². The number of halogens is 1. The van der Waals surface area contributed by atoms with Crippen LogP contribution in [0.15, 0.2) is 78.9 Å². The average Bonchev–Trinajstić information content (AvgIpc) is 3.16. The number of ether oxygens (including phenoxy) is 1. The lowest BCUT2D eigenvalue weighted by Crippen LogP contribution is -2.45. The van der Waals surface area contributed by atoms with E-state index < -0.39 is 0 Å². The molecule has 0 saturated heterocycles. The molecule has 0 aliphatic carbocycles. The Morgan fingerprint density at radius 3 is 2.42 bits per heavy atom. The van der Waals surface area contributed by atoms with Crippen LogP contribution in [0.3, 0.4) is 0 Å². The van der Waals surface area contributed by atoms with Crippen molar-refractivity contribution in [2.24, 2.45) is 0 Å². The van der Waals surface area contributed by atoms with Crippen LogP contribution in [0.1, 0.15) is 0 Å². The van der Waals surface area contributed by atoms with Crippen LogP contribution in [0.25, 0.3) is 22.2 Å². The Morgan fingerprint density at radius 1 is 0.935 bits per heavy atom. The fourth-order valence-corrected chi connectivity index (χ4v) is 3.36. The zero-order valence-electron chi connectivity index (χ0n) is 16.3. The fraction of sp³-hybridized carbons (Fsp3) is 0.0435. The van der Waals surface area contributed by atoms with Gasteiger partial charge in [-0.15, -0.1) is 0 Å². The summed E-state index contributed by atoms with van der Waals surface area (Å²) in [4.78, 5) is 15.5. The molecule has 3 aromatic carbocycles. The molecule has 6 nitrogen and oxygen atoms in total. The zero-order valence-corrected chi connectivity index (χ0v) is 17.9. The van der Waals surface area contributed by atoms with Crippen molar-refractivity contribution in [3.63, 3.8) is 0 Å². The smallest absolute Gasteiger partial charge is 0.276 e. The van der Waals surface area contributed by atoms with Gasteiger partial charge in [0.05, 0.1) is 11.4 Å². The highest BCUT2D eigenvalue weighted by Gasteiger charge is 2.14. The first-order valence-electron chi connectivity index (χ1n) is 9.50. The van der Waals surface area contributed by atoms with Gasteiger partial charge >= 0.3 is 0 Å². The first-order chi connectivity index (χ1) is 15.1. The van der Waals surface area contributed by atoms with E-state index in [-0.39, 0.29) is 17.6 Å². The number of anilines is 1. The highest BCUT2D eigenvalue weighted by atomic mass is 35.5. The van der Waals surface area contributed by atoms with Crippen LogP contribution < -0.4 is 20.9 Å². The average molecular weight is 451 g/mol. The predicted octanol–water partition coefficient (Wildman–Crippen LogP) is 4.88. The molecule has 4 N–H and O–H groups in total. The molecule has 1 aromatic heterocycles. The third-order valence-electron chi connectivity index (χ3n) is 4.51. The van der Waals surface area contributed by atoms with Crippen molar-refractivity contribution in [2.75, 3.05) is 11.9 Å². The number of hydrazine groups is 1. The molecule has 0 fully saturated rings. The summed E-state index contributed by atoms with van der Waals surface area (Å²) in [6, 6.07) is 24.6. The van der Waals surface area contributed by atoms with Gasteiger partial charge in [-0.2, -0.15) is 0 Å². The van der Waals surface area contributed by atoms with Crippen molar-refractivity contribution in [2.45, 2.75) is 0 Å². The van der Waals surface area contributed by atoms with Gasteiger partial charge in [0.2, 0.25) is 0 Å². The minimum absolute atomic E-state index is 0.167. The Morgan fingerprint density at radius 2 is 1.65 bits per heavy atom. The summed E-state index contributed by atoms with van der Waals surface area (Å²) in [6.45, 7) is -0.167. The van der Waals surface area contributed by atoms with Gasteiger partial charge in [-0.1, -0.05) is 60.1 Å². The maximum absolute atomic E-state index is 12.1. The molecule has 0 atom stereocenters. The molecular weight excluding hydrogens is 432 g/mol. The summed E-state index contributed by atoms with van der Waals surface area (Å²) >= 11 is 11.2. The number of rotatable bonds is 5. The number of fused-ring (bicyclic) bond motifs is 1. The Balaban J connectivity index is 1.40. The number of nitrogens with one attached hydrogen (secondary N) is 4. The molecule has 31 heavy (non-hydrogen) atoms. The monoisotopic (exact) mass is 450 g/mol. The SMILES string of the molecule is O=C(COc1ccc(Cl)cc1)NNC(=S)Nc1c(-c2ccccc2)[nH]c2ccccc12.